The van der Waals surface area contributed by atoms with Gasteiger partial charge in [0.25, 0.3) is 0 Å². The second kappa shape index (κ2) is 11.9. The van der Waals surface area contributed by atoms with Crippen molar-refractivity contribution in [1.82, 2.24) is 0 Å². The highest BCUT2D eigenvalue weighted by molar-refractivity contribution is 7.99. The number of carbonyl (C=O) groups excluding carboxylic acids is 1. The molecule has 0 saturated carbocycles. The first-order chi connectivity index (χ1) is 8.89. The minimum Gasteiger partial charge on any atom is -0.466 e. The third kappa shape index (κ3) is 9.81. The van der Waals surface area contributed by atoms with Crippen molar-refractivity contribution in [3.05, 3.63) is 0 Å². The largest absolute Gasteiger partial charge is 0.466 e. The summed E-state index contributed by atoms with van der Waals surface area (Å²) >= 11 is 2.04. The van der Waals surface area contributed by atoms with Crippen LogP contribution in [0.4, 0.5) is 0 Å². The molecule has 106 valence electrons. The van der Waals surface area contributed by atoms with Gasteiger partial charge in [-0.2, -0.15) is 11.8 Å². The van der Waals surface area contributed by atoms with E-state index >= 15 is 0 Å². The Labute approximate surface area is 116 Å². The predicted octanol–water partition coefficient (Wildman–Crippen LogP) is 4.57. The molecule has 0 unspecified atom stereocenters. The molecule has 18 heavy (non-hydrogen) atoms. The van der Waals surface area contributed by atoms with Crippen LogP contribution in [0.25, 0.3) is 0 Å². The first-order valence-corrected chi connectivity index (χ1v) is 8.78. The van der Waals surface area contributed by atoms with Gasteiger partial charge in [-0.1, -0.05) is 38.5 Å². The summed E-state index contributed by atoms with van der Waals surface area (Å²) in [6.45, 7) is 0.633. The average Bonchev–Trinajstić information content (AvgIpc) is 2.37. The van der Waals surface area contributed by atoms with Gasteiger partial charge in [0.1, 0.15) is 0 Å². The summed E-state index contributed by atoms with van der Waals surface area (Å²) in [6.07, 6.45) is 13.2. The monoisotopic (exact) mass is 272 g/mol. The van der Waals surface area contributed by atoms with Gasteiger partial charge in [-0.25, -0.2) is 0 Å². The van der Waals surface area contributed by atoms with Crippen molar-refractivity contribution in [2.75, 3.05) is 18.1 Å². The van der Waals surface area contributed by atoms with Crippen molar-refractivity contribution in [2.45, 2.75) is 70.6 Å². The van der Waals surface area contributed by atoms with E-state index in [1.165, 1.54) is 56.5 Å². The van der Waals surface area contributed by atoms with Gasteiger partial charge in [0, 0.05) is 6.42 Å². The summed E-state index contributed by atoms with van der Waals surface area (Å²) < 4.78 is 5.22. The topological polar surface area (TPSA) is 26.3 Å². The fourth-order valence-corrected chi connectivity index (χ4v) is 3.22. The van der Waals surface area contributed by atoms with E-state index in [-0.39, 0.29) is 5.97 Å². The Balaban J connectivity index is 2.11. The Morgan fingerprint density at radius 1 is 0.722 bits per heavy atom. The second-order valence-electron chi connectivity index (χ2n) is 5.12. The number of carbonyl (C=O) groups is 1. The summed E-state index contributed by atoms with van der Waals surface area (Å²) in [6, 6.07) is 0. The molecule has 1 heterocycles. The van der Waals surface area contributed by atoms with Gasteiger partial charge < -0.3 is 4.74 Å². The highest BCUT2D eigenvalue weighted by atomic mass is 32.2. The van der Waals surface area contributed by atoms with Crippen LogP contribution in [-0.2, 0) is 9.53 Å². The maximum absolute atomic E-state index is 11.4. The van der Waals surface area contributed by atoms with Gasteiger partial charge in [-0.15, -0.1) is 0 Å². The molecule has 0 aromatic rings. The Kier molecular flexibility index (Phi) is 10.5. The highest BCUT2D eigenvalue weighted by Crippen LogP contribution is 2.13. The van der Waals surface area contributed by atoms with E-state index in [2.05, 4.69) is 0 Å². The van der Waals surface area contributed by atoms with Gasteiger partial charge in [0.05, 0.1) is 6.61 Å². The number of hydrogen-bond acceptors (Lipinski definition) is 3. The molecule has 1 aliphatic heterocycles. The number of cyclic esters (lactones) is 1. The fraction of sp³-hybridized carbons (Fsp3) is 0.933. The van der Waals surface area contributed by atoms with Gasteiger partial charge >= 0.3 is 5.97 Å². The Morgan fingerprint density at radius 2 is 1.28 bits per heavy atom. The average molecular weight is 272 g/mol. The maximum Gasteiger partial charge on any atom is 0.305 e. The zero-order valence-electron chi connectivity index (χ0n) is 11.6. The molecule has 1 rings (SSSR count). The summed E-state index contributed by atoms with van der Waals surface area (Å²) in [4.78, 5) is 11.4. The summed E-state index contributed by atoms with van der Waals surface area (Å²) in [5.41, 5.74) is 0. The number of thioether (sulfide) groups is 1. The molecule has 0 atom stereocenters. The number of esters is 1. The second-order valence-corrected chi connectivity index (χ2v) is 6.34. The Bertz CT molecular complexity index is 187. The van der Waals surface area contributed by atoms with E-state index in [0.717, 1.165) is 19.3 Å². The number of rotatable bonds is 0. The molecule has 3 heteroatoms. The smallest absolute Gasteiger partial charge is 0.305 e. The molecular weight excluding hydrogens is 244 g/mol. The maximum atomic E-state index is 11.4. The fourth-order valence-electron chi connectivity index (χ4n) is 2.20. The third-order valence-corrected chi connectivity index (χ3v) is 4.52. The standard InChI is InChI=1S/C15H28O2S/c16-15-11-7-10-14-18-13-9-6-4-2-1-3-5-8-12-17-15/h1-14H2. The first kappa shape index (κ1) is 15.9. The van der Waals surface area contributed by atoms with Crippen LogP contribution in [-0.4, -0.2) is 24.1 Å². The molecular formula is C15H28O2S. The lowest BCUT2D eigenvalue weighted by molar-refractivity contribution is -0.143. The van der Waals surface area contributed by atoms with Crippen LogP contribution in [0.2, 0.25) is 0 Å². The lowest BCUT2D eigenvalue weighted by Gasteiger charge is -2.04. The molecule has 0 aliphatic carbocycles. The summed E-state index contributed by atoms with van der Waals surface area (Å²) in [5, 5.41) is 0. The highest BCUT2D eigenvalue weighted by Gasteiger charge is 2.03. The lowest BCUT2D eigenvalue weighted by atomic mass is 10.1. The van der Waals surface area contributed by atoms with Crippen LogP contribution in [0.1, 0.15) is 70.6 Å². The van der Waals surface area contributed by atoms with Gasteiger partial charge in [-0.3, -0.25) is 4.79 Å². The van der Waals surface area contributed by atoms with Crippen LogP contribution in [0.3, 0.4) is 0 Å². The van der Waals surface area contributed by atoms with E-state index < -0.39 is 0 Å². The van der Waals surface area contributed by atoms with E-state index in [1.807, 2.05) is 11.8 Å². The molecule has 0 bridgehead atoms. The molecule has 0 N–H and O–H groups in total. The lowest BCUT2D eigenvalue weighted by Crippen LogP contribution is -2.05. The van der Waals surface area contributed by atoms with Crippen molar-refractivity contribution >= 4 is 17.7 Å². The molecule has 1 saturated heterocycles. The molecule has 0 amide bonds. The molecule has 0 spiro atoms. The van der Waals surface area contributed by atoms with Crippen molar-refractivity contribution in [3.8, 4) is 0 Å². The predicted molar refractivity (Wildman–Crippen MR) is 79.1 cm³/mol. The minimum atomic E-state index is 0.00400. The molecule has 1 fully saturated rings. The molecule has 0 aromatic carbocycles. The van der Waals surface area contributed by atoms with Crippen molar-refractivity contribution in [1.29, 1.82) is 0 Å². The van der Waals surface area contributed by atoms with Gasteiger partial charge in [0.2, 0.25) is 0 Å². The van der Waals surface area contributed by atoms with Crippen LogP contribution >= 0.6 is 11.8 Å². The van der Waals surface area contributed by atoms with Crippen LogP contribution in [0.15, 0.2) is 0 Å². The van der Waals surface area contributed by atoms with Crippen LogP contribution in [0, 0.1) is 0 Å². The molecule has 2 nitrogen and oxygen atoms in total. The van der Waals surface area contributed by atoms with E-state index in [1.54, 1.807) is 0 Å². The van der Waals surface area contributed by atoms with E-state index in [4.69, 9.17) is 4.74 Å². The SMILES string of the molecule is O=C1CCCCSCCCCCCCCCCO1. The summed E-state index contributed by atoms with van der Waals surface area (Å²) in [5.74, 6) is 2.50. The number of ether oxygens (including phenoxy) is 1. The molecule has 0 radical (unpaired) electrons. The third-order valence-electron chi connectivity index (χ3n) is 3.37. The zero-order chi connectivity index (χ0) is 12.9. The Hall–Kier alpha value is -0.180. The Morgan fingerprint density at radius 3 is 2.00 bits per heavy atom. The van der Waals surface area contributed by atoms with E-state index in [9.17, 15) is 4.79 Å². The van der Waals surface area contributed by atoms with Crippen molar-refractivity contribution in [3.63, 3.8) is 0 Å². The van der Waals surface area contributed by atoms with Crippen molar-refractivity contribution in [2.24, 2.45) is 0 Å². The molecule has 0 aromatic heterocycles. The first-order valence-electron chi connectivity index (χ1n) is 7.63. The van der Waals surface area contributed by atoms with Crippen LogP contribution in [0.5, 0.6) is 0 Å². The minimum absolute atomic E-state index is 0.00400. The van der Waals surface area contributed by atoms with Crippen molar-refractivity contribution < 1.29 is 9.53 Å². The van der Waals surface area contributed by atoms with Gasteiger partial charge in [-0.05, 0) is 37.2 Å². The van der Waals surface area contributed by atoms with Gasteiger partial charge in [0.15, 0.2) is 0 Å². The quantitative estimate of drug-likeness (QED) is 0.604. The normalized spacial score (nSPS) is 23.0. The number of hydrogen-bond donors (Lipinski definition) is 0. The summed E-state index contributed by atoms with van der Waals surface area (Å²) in [7, 11) is 0. The van der Waals surface area contributed by atoms with Crippen LogP contribution < -0.4 is 0 Å². The molecule has 1 aliphatic rings. The zero-order valence-corrected chi connectivity index (χ0v) is 12.4. The van der Waals surface area contributed by atoms with E-state index in [0.29, 0.717) is 13.0 Å².